The van der Waals surface area contributed by atoms with Crippen LogP contribution in [0.5, 0.6) is 11.5 Å². The summed E-state index contributed by atoms with van der Waals surface area (Å²) in [7, 11) is 4.50. The number of para-hydroxylation sites is 1. The molecule has 3 heterocycles. The number of nitrogens with one attached hydrogen (secondary N) is 1. The van der Waals surface area contributed by atoms with Crippen molar-refractivity contribution in [3.8, 4) is 11.5 Å². The molecule has 10 nitrogen and oxygen atoms in total. The van der Waals surface area contributed by atoms with Crippen LogP contribution in [0.3, 0.4) is 0 Å². The molecule has 0 radical (unpaired) electrons. The van der Waals surface area contributed by atoms with Gasteiger partial charge in [0.05, 0.1) is 58.3 Å². The Hall–Kier alpha value is -3.02. The Kier molecular flexibility index (Phi) is 9.12. The van der Waals surface area contributed by atoms with Crippen LogP contribution >= 0.6 is 11.8 Å². The summed E-state index contributed by atoms with van der Waals surface area (Å²) in [6.45, 7) is 6.47. The molecule has 0 aliphatic carbocycles. The van der Waals surface area contributed by atoms with E-state index in [-0.39, 0.29) is 12.3 Å². The summed E-state index contributed by atoms with van der Waals surface area (Å²) in [5.41, 5.74) is 2.53. The van der Waals surface area contributed by atoms with Gasteiger partial charge in [0.15, 0.2) is 16.7 Å². The van der Waals surface area contributed by atoms with E-state index in [4.69, 9.17) is 23.9 Å². The molecule has 3 aliphatic heterocycles. The van der Waals surface area contributed by atoms with Gasteiger partial charge in [-0.1, -0.05) is 30.8 Å². The number of benzene rings is 1. The van der Waals surface area contributed by atoms with Gasteiger partial charge in [-0.25, -0.2) is 9.79 Å². The van der Waals surface area contributed by atoms with Gasteiger partial charge in [-0.05, 0) is 17.9 Å². The van der Waals surface area contributed by atoms with Gasteiger partial charge in [0.1, 0.15) is 0 Å². The predicted octanol–water partition coefficient (Wildman–Crippen LogP) is 2.68. The summed E-state index contributed by atoms with van der Waals surface area (Å²) in [5, 5.41) is 5.65. The summed E-state index contributed by atoms with van der Waals surface area (Å²) in [5.74, 6) is 0.493. The Labute approximate surface area is 221 Å². The van der Waals surface area contributed by atoms with Crippen LogP contribution in [0, 0.1) is 0 Å². The fourth-order valence-electron chi connectivity index (χ4n) is 4.74. The zero-order valence-electron chi connectivity index (χ0n) is 21.7. The van der Waals surface area contributed by atoms with E-state index in [0.717, 1.165) is 44.1 Å². The number of amides is 1. The van der Waals surface area contributed by atoms with Gasteiger partial charge in [0.25, 0.3) is 0 Å². The van der Waals surface area contributed by atoms with Gasteiger partial charge in [0, 0.05) is 37.4 Å². The molecular formula is C26H34N4O6S. The normalized spacial score (nSPS) is 19.7. The first-order valence-corrected chi connectivity index (χ1v) is 13.2. The van der Waals surface area contributed by atoms with Crippen molar-refractivity contribution in [2.75, 3.05) is 60.7 Å². The quantitative estimate of drug-likeness (QED) is 0.458. The second kappa shape index (κ2) is 12.5. The van der Waals surface area contributed by atoms with E-state index in [1.807, 2.05) is 29.4 Å². The molecule has 1 amide bonds. The minimum absolute atomic E-state index is 0.0948. The standard InChI is InChI=1S/C26H34N4O6S/c1-5-19-22(25(32)35-4)23(18-7-6-8-20(33-2)24(18)34-3)30-17(16-37-26(30)28-19)15-21(31)27-9-10-29-11-13-36-14-12-29/h6-8,16,23H,5,9-15H2,1-4H3,(H,27,31). The number of ether oxygens (including phenoxy) is 4. The van der Waals surface area contributed by atoms with Crippen molar-refractivity contribution < 1.29 is 28.5 Å². The van der Waals surface area contributed by atoms with Crippen LogP contribution in [0.1, 0.15) is 31.4 Å². The second-order valence-electron chi connectivity index (χ2n) is 8.66. The van der Waals surface area contributed by atoms with E-state index >= 15 is 0 Å². The molecule has 0 spiro atoms. The Morgan fingerprint density at radius 3 is 2.65 bits per heavy atom. The minimum atomic E-state index is -0.595. The van der Waals surface area contributed by atoms with Crippen molar-refractivity contribution in [3.63, 3.8) is 0 Å². The van der Waals surface area contributed by atoms with Crippen LogP contribution in [-0.2, 0) is 19.1 Å². The van der Waals surface area contributed by atoms with Crippen LogP contribution in [0.4, 0.5) is 0 Å². The lowest BCUT2D eigenvalue weighted by atomic mass is 9.92. The molecule has 1 aromatic carbocycles. The number of nitrogens with zero attached hydrogens (tertiary/aromatic N) is 3. The lowest BCUT2D eigenvalue weighted by Gasteiger charge is -2.37. The molecule has 37 heavy (non-hydrogen) atoms. The first-order chi connectivity index (χ1) is 18.0. The maximum absolute atomic E-state index is 13.1. The highest BCUT2D eigenvalue weighted by Gasteiger charge is 2.43. The van der Waals surface area contributed by atoms with Crippen LogP contribution in [-0.4, -0.2) is 87.6 Å². The molecular weight excluding hydrogens is 496 g/mol. The second-order valence-corrected chi connectivity index (χ2v) is 9.50. The van der Waals surface area contributed by atoms with Crippen molar-refractivity contribution >= 4 is 28.8 Å². The highest BCUT2D eigenvalue weighted by atomic mass is 32.2. The van der Waals surface area contributed by atoms with E-state index in [9.17, 15) is 9.59 Å². The number of hydrogen-bond donors (Lipinski definition) is 1. The number of amidine groups is 1. The van der Waals surface area contributed by atoms with Gasteiger partial charge < -0.3 is 29.2 Å². The molecule has 1 aromatic rings. The first-order valence-electron chi connectivity index (χ1n) is 12.3. The SMILES string of the molecule is CCC1=C(C(=O)OC)C(c2cccc(OC)c2OC)N2C(CC(=O)NCCN3CCOCC3)=CSC2=N1. The van der Waals surface area contributed by atoms with E-state index in [0.29, 0.717) is 40.9 Å². The fourth-order valence-corrected chi connectivity index (χ4v) is 5.68. The predicted molar refractivity (Wildman–Crippen MR) is 141 cm³/mol. The maximum Gasteiger partial charge on any atom is 0.338 e. The average Bonchev–Trinajstić information content (AvgIpc) is 3.33. The summed E-state index contributed by atoms with van der Waals surface area (Å²) >= 11 is 1.44. The highest BCUT2D eigenvalue weighted by molar-refractivity contribution is 8.16. The van der Waals surface area contributed by atoms with Crippen LogP contribution in [0.2, 0.25) is 0 Å². The fraction of sp³-hybridized carbons (Fsp3) is 0.500. The number of carbonyl (C=O) groups is 2. The van der Waals surface area contributed by atoms with Crippen molar-refractivity contribution in [1.82, 2.24) is 15.1 Å². The number of esters is 1. The van der Waals surface area contributed by atoms with Crippen molar-refractivity contribution in [2.45, 2.75) is 25.8 Å². The Balaban J connectivity index is 1.62. The zero-order chi connectivity index (χ0) is 26.4. The third kappa shape index (κ3) is 5.78. The highest BCUT2D eigenvalue weighted by Crippen LogP contribution is 2.49. The zero-order valence-corrected chi connectivity index (χ0v) is 22.6. The summed E-state index contributed by atoms with van der Waals surface area (Å²) in [4.78, 5) is 35.1. The Morgan fingerprint density at radius 1 is 1.19 bits per heavy atom. The number of methoxy groups -OCH3 is 3. The van der Waals surface area contributed by atoms with E-state index in [1.54, 1.807) is 20.3 Å². The molecule has 4 rings (SSSR count). The molecule has 3 aliphatic rings. The topological polar surface area (TPSA) is 102 Å². The van der Waals surface area contributed by atoms with Gasteiger partial charge in [-0.15, -0.1) is 0 Å². The number of morpholine rings is 1. The maximum atomic E-state index is 13.1. The van der Waals surface area contributed by atoms with E-state index in [1.165, 1.54) is 18.9 Å². The first kappa shape index (κ1) is 27.0. The van der Waals surface area contributed by atoms with Gasteiger partial charge in [-0.3, -0.25) is 9.69 Å². The van der Waals surface area contributed by atoms with Gasteiger partial charge in [0.2, 0.25) is 5.91 Å². The van der Waals surface area contributed by atoms with Crippen molar-refractivity contribution in [3.05, 3.63) is 46.1 Å². The third-order valence-corrected chi connectivity index (χ3v) is 7.44. The van der Waals surface area contributed by atoms with Crippen molar-refractivity contribution in [1.29, 1.82) is 0 Å². The average molecular weight is 531 g/mol. The lowest BCUT2D eigenvalue weighted by molar-refractivity contribution is -0.136. The number of aliphatic imine (C=N–C) groups is 1. The minimum Gasteiger partial charge on any atom is -0.493 e. The lowest BCUT2D eigenvalue weighted by Crippen LogP contribution is -2.42. The molecule has 1 fully saturated rings. The number of thioether (sulfide) groups is 1. The third-order valence-electron chi connectivity index (χ3n) is 6.55. The van der Waals surface area contributed by atoms with Crippen LogP contribution < -0.4 is 14.8 Å². The van der Waals surface area contributed by atoms with Crippen molar-refractivity contribution in [2.24, 2.45) is 4.99 Å². The number of rotatable bonds is 10. The van der Waals surface area contributed by atoms with Gasteiger partial charge >= 0.3 is 5.97 Å². The largest absolute Gasteiger partial charge is 0.493 e. The number of carbonyl (C=O) groups excluding carboxylic acids is 2. The molecule has 1 saturated heterocycles. The van der Waals surface area contributed by atoms with Crippen LogP contribution in [0.25, 0.3) is 0 Å². The Morgan fingerprint density at radius 2 is 1.97 bits per heavy atom. The summed E-state index contributed by atoms with van der Waals surface area (Å²) in [6.07, 6.45) is 0.691. The monoisotopic (exact) mass is 530 g/mol. The molecule has 1 unspecified atom stereocenters. The summed E-state index contributed by atoms with van der Waals surface area (Å²) in [6, 6.07) is 4.96. The molecule has 0 saturated carbocycles. The molecule has 1 N–H and O–H groups in total. The number of fused-ring (bicyclic) bond motifs is 1. The van der Waals surface area contributed by atoms with E-state index < -0.39 is 12.0 Å². The molecule has 0 aromatic heterocycles. The van der Waals surface area contributed by atoms with Gasteiger partial charge in [-0.2, -0.15) is 0 Å². The number of allylic oxidation sites excluding steroid dienone is 1. The molecule has 200 valence electrons. The summed E-state index contributed by atoms with van der Waals surface area (Å²) < 4.78 is 21.9. The molecule has 1 atom stereocenters. The van der Waals surface area contributed by atoms with Crippen LogP contribution in [0.15, 0.2) is 45.6 Å². The molecule has 11 heteroatoms. The Bertz CT molecular complexity index is 1110. The number of hydrogen-bond acceptors (Lipinski definition) is 10. The molecule has 0 bridgehead atoms. The van der Waals surface area contributed by atoms with E-state index in [2.05, 4.69) is 10.2 Å². The smallest absolute Gasteiger partial charge is 0.338 e.